The summed E-state index contributed by atoms with van der Waals surface area (Å²) in [6.07, 6.45) is 0. The molecule has 1 aliphatic heterocycles. The van der Waals surface area contributed by atoms with Crippen molar-refractivity contribution in [3.63, 3.8) is 0 Å². The maximum absolute atomic E-state index is 13.5. The SMILES string of the molecule is Cc1cc2c3c(c4cc(Br)ccc4nc3c1C)C(=O)N2Cc1ccccc1. The Morgan fingerprint density at radius 1 is 1.04 bits per heavy atom. The van der Waals surface area contributed by atoms with Crippen molar-refractivity contribution in [3.8, 4) is 0 Å². The van der Waals surface area contributed by atoms with Gasteiger partial charge in [0.2, 0.25) is 0 Å². The number of benzene rings is 3. The molecule has 0 spiro atoms. The second-order valence-corrected chi connectivity index (χ2v) is 8.00. The maximum Gasteiger partial charge on any atom is 0.260 e. The van der Waals surface area contributed by atoms with E-state index in [-0.39, 0.29) is 5.91 Å². The zero-order chi connectivity index (χ0) is 18.7. The highest BCUT2D eigenvalue weighted by Crippen LogP contribution is 2.43. The predicted octanol–water partition coefficient (Wildman–Crippen LogP) is 5.93. The number of anilines is 1. The molecular weight excluding hydrogens is 400 g/mol. The van der Waals surface area contributed by atoms with Crippen molar-refractivity contribution >= 4 is 49.3 Å². The first-order chi connectivity index (χ1) is 13.0. The van der Waals surface area contributed by atoms with Gasteiger partial charge in [-0.25, -0.2) is 4.98 Å². The van der Waals surface area contributed by atoms with E-state index < -0.39 is 0 Å². The van der Waals surface area contributed by atoms with Gasteiger partial charge in [-0.3, -0.25) is 4.79 Å². The van der Waals surface area contributed by atoms with Crippen LogP contribution in [-0.2, 0) is 6.54 Å². The summed E-state index contributed by atoms with van der Waals surface area (Å²) in [7, 11) is 0. The number of fused-ring (bicyclic) bond motifs is 2. The van der Waals surface area contributed by atoms with Crippen molar-refractivity contribution < 1.29 is 4.79 Å². The molecule has 3 nitrogen and oxygen atoms in total. The first kappa shape index (κ1) is 16.5. The van der Waals surface area contributed by atoms with Gasteiger partial charge in [-0.2, -0.15) is 0 Å². The van der Waals surface area contributed by atoms with Crippen LogP contribution >= 0.6 is 15.9 Å². The molecular formula is C23H17BrN2O. The van der Waals surface area contributed by atoms with E-state index in [0.717, 1.165) is 54.2 Å². The molecule has 0 saturated carbocycles. The van der Waals surface area contributed by atoms with Crippen molar-refractivity contribution in [2.45, 2.75) is 20.4 Å². The Hall–Kier alpha value is -2.72. The quantitative estimate of drug-likeness (QED) is 0.379. The molecule has 5 rings (SSSR count). The van der Waals surface area contributed by atoms with Crippen LogP contribution in [0.5, 0.6) is 0 Å². The number of hydrogen-bond acceptors (Lipinski definition) is 2. The predicted molar refractivity (Wildman–Crippen MR) is 113 cm³/mol. The molecule has 27 heavy (non-hydrogen) atoms. The van der Waals surface area contributed by atoms with Crippen LogP contribution in [0.2, 0.25) is 0 Å². The van der Waals surface area contributed by atoms with Gasteiger partial charge in [0.05, 0.1) is 28.8 Å². The third kappa shape index (κ3) is 2.40. The largest absolute Gasteiger partial charge is 0.303 e. The van der Waals surface area contributed by atoms with E-state index in [1.54, 1.807) is 0 Å². The summed E-state index contributed by atoms with van der Waals surface area (Å²) in [5.74, 6) is 0.0503. The minimum atomic E-state index is 0.0503. The molecule has 0 unspecified atom stereocenters. The van der Waals surface area contributed by atoms with Gasteiger partial charge >= 0.3 is 0 Å². The minimum Gasteiger partial charge on any atom is -0.303 e. The second-order valence-electron chi connectivity index (χ2n) is 7.09. The molecule has 0 N–H and O–H groups in total. The molecule has 1 aromatic heterocycles. The van der Waals surface area contributed by atoms with Gasteiger partial charge < -0.3 is 4.90 Å². The van der Waals surface area contributed by atoms with Crippen molar-refractivity contribution in [3.05, 3.63) is 81.3 Å². The normalized spacial score (nSPS) is 13.1. The summed E-state index contributed by atoms with van der Waals surface area (Å²) in [5, 5.41) is 1.88. The zero-order valence-corrected chi connectivity index (χ0v) is 16.7. The first-order valence-corrected chi connectivity index (χ1v) is 9.73. The summed E-state index contributed by atoms with van der Waals surface area (Å²) >= 11 is 3.54. The van der Waals surface area contributed by atoms with Gasteiger partial charge in [0.1, 0.15) is 0 Å². The van der Waals surface area contributed by atoms with Gasteiger partial charge in [0, 0.05) is 15.2 Å². The lowest BCUT2D eigenvalue weighted by Crippen LogP contribution is -2.26. The van der Waals surface area contributed by atoms with Crippen molar-refractivity contribution in [1.82, 2.24) is 4.98 Å². The van der Waals surface area contributed by atoms with Gasteiger partial charge in [-0.05, 0) is 54.8 Å². The van der Waals surface area contributed by atoms with Gasteiger partial charge in [0.15, 0.2) is 0 Å². The fraction of sp³-hybridized carbons (Fsp3) is 0.130. The molecule has 0 fully saturated rings. The number of aromatic nitrogens is 1. The van der Waals surface area contributed by atoms with Crippen molar-refractivity contribution in [1.29, 1.82) is 0 Å². The lowest BCUT2D eigenvalue weighted by Gasteiger charge is -2.18. The second kappa shape index (κ2) is 5.89. The molecule has 0 aliphatic carbocycles. The van der Waals surface area contributed by atoms with Crippen molar-refractivity contribution in [2.24, 2.45) is 0 Å². The number of amides is 1. The van der Waals surface area contributed by atoms with E-state index in [9.17, 15) is 4.79 Å². The van der Waals surface area contributed by atoms with Crippen LogP contribution in [0.4, 0.5) is 5.69 Å². The molecule has 132 valence electrons. The number of aryl methyl sites for hydroxylation is 2. The van der Waals surface area contributed by atoms with Crippen LogP contribution in [0.25, 0.3) is 21.8 Å². The number of halogens is 1. The van der Waals surface area contributed by atoms with Crippen LogP contribution in [0.3, 0.4) is 0 Å². The standard InChI is InChI=1S/C23H17BrN2O/c1-13-10-19-21-20(23(27)26(19)12-15-6-4-3-5-7-15)17-11-16(24)8-9-18(17)25-22(21)14(13)2/h3-11H,12H2,1-2H3. The third-order valence-corrected chi connectivity index (χ3v) is 5.93. The summed E-state index contributed by atoms with van der Waals surface area (Å²) in [6, 6.07) is 18.2. The molecule has 3 aromatic carbocycles. The average molecular weight is 417 g/mol. The third-order valence-electron chi connectivity index (χ3n) is 5.44. The van der Waals surface area contributed by atoms with E-state index in [1.807, 2.05) is 41.3 Å². The molecule has 4 aromatic rings. The monoisotopic (exact) mass is 416 g/mol. The van der Waals surface area contributed by atoms with E-state index in [0.29, 0.717) is 6.54 Å². The number of carbonyl (C=O) groups excluding carboxylic acids is 1. The minimum absolute atomic E-state index is 0.0503. The van der Waals surface area contributed by atoms with E-state index in [4.69, 9.17) is 4.98 Å². The van der Waals surface area contributed by atoms with E-state index in [2.05, 4.69) is 48.0 Å². The Labute approximate surface area is 165 Å². The number of rotatable bonds is 2. The Bertz CT molecular complexity index is 1250. The van der Waals surface area contributed by atoms with E-state index in [1.165, 1.54) is 0 Å². The Kier molecular flexibility index (Phi) is 3.59. The number of pyridine rings is 1. The fourth-order valence-electron chi connectivity index (χ4n) is 3.93. The lowest BCUT2D eigenvalue weighted by molar-refractivity contribution is 0.0993. The Balaban J connectivity index is 1.84. The summed E-state index contributed by atoms with van der Waals surface area (Å²) in [4.78, 5) is 20.3. The van der Waals surface area contributed by atoms with Crippen LogP contribution in [0.1, 0.15) is 27.0 Å². The summed E-state index contributed by atoms with van der Waals surface area (Å²) in [5.41, 5.74) is 6.92. The molecule has 1 aliphatic rings. The number of hydrogen-bond donors (Lipinski definition) is 0. The van der Waals surface area contributed by atoms with Gasteiger partial charge in [-0.1, -0.05) is 46.3 Å². The molecule has 0 radical (unpaired) electrons. The van der Waals surface area contributed by atoms with Crippen molar-refractivity contribution in [2.75, 3.05) is 4.90 Å². The molecule has 1 amide bonds. The smallest absolute Gasteiger partial charge is 0.260 e. The molecule has 0 saturated heterocycles. The first-order valence-electron chi connectivity index (χ1n) is 8.93. The van der Waals surface area contributed by atoms with Gasteiger partial charge in [0.25, 0.3) is 5.91 Å². The van der Waals surface area contributed by atoms with Crippen LogP contribution in [-0.4, -0.2) is 10.9 Å². The lowest BCUT2D eigenvalue weighted by atomic mass is 9.99. The summed E-state index contributed by atoms with van der Waals surface area (Å²) in [6.45, 7) is 4.73. The molecule has 2 heterocycles. The number of nitrogens with zero attached hydrogens (tertiary/aromatic N) is 2. The maximum atomic E-state index is 13.5. The summed E-state index contributed by atoms with van der Waals surface area (Å²) < 4.78 is 0.951. The van der Waals surface area contributed by atoms with Gasteiger partial charge in [-0.15, -0.1) is 0 Å². The van der Waals surface area contributed by atoms with E-state index >= 15 is 0 Å². The Morgan fingerprint density at radius 2 is 1.81 bits per heavy atom. The topological polar surface area (TPSA) is 33.2 Å². The molecule has 0 bridgehead atoms. The molecule has 0 atom stereocenters. The van der Waals surface area contributed by atoms with Crippen LogP contribution < -0.4 is 4.90 Å². The highest BCUT2D eigenvalue weighted by molar-refractivity contribution is 9.10. The highest BCUT2D eigenvalue weighted by atomic mass is 79.9. The zero-order valence-electron chi connectivity index (χ0n) is 15.1. The highest BCUT2D eigenvalue weighted by Gasteiger charge is 2.33. The Morgan fingerprint density at radius 3 is 2.59 bits per heavy atom. The average Bonchev–Trinajstić information content (AvgIpc) is 2.94. The number of carbonyl (C=O) groups is 1. The molecule has 4 heteroatoms. The van der Waals surface area contributed by atoms with Crippen LogP contribution in [0, 0.1) is 13.8 Å². The van der Waals surface area contributed by atoms with Crippen LogP contribution in [0.15, 0.2) is 59.1 Å². The fourth-order valence-corrected chi connectivity index (χ4v) is 4.29.